The highest BCUT2D eigenvalue weighted by molar-refractivity contribution is 9.10. The number of aromatic nitrogens is 2. The van der Waals surface area contributed by atoms with Crippen LogP contribution in [0.1, 0.15) is 5.56 Å². The fraction of sp³-hybridized carbons (Fsp3) is 0.0625. The van der Waals surface area contributed by atoms with E-state index in [1.165, 1.54) is 5.56 Å². The second kappa shape index (κ2) is 5.92. The van der Waals surface area contributed by atoms with Gasteiger partial charge in [0.15, 0.2) is 0 Å². The van der Waals surface area contributed by atoms with Crippen LogP contribution in [0.4, 0.5) is 5.69 Å². The van der Waals surface area contributed by atoms with E-state index in [1.807, 2.05) is 22.9 Å². The van der Waals surface area contributed by atoms with E-state index in [4.69, 9.17) is 0 Å². The van der Waals surface area contributed by atoms with Gasteiger partial charge in [-0.25, -0.2) is 4.98 Å². The zero-order valence-electron chi connectivity index (χ0n) is 10.8. The van der Waals surface area contributed by atoms with E-state index in [9.17, 15) is 0 Å². The molecule has 0 aliphatic rings. The molecule has 20 heavy (non-hydrogen) atoms. The summed E-state index contributed by atoms with van der Waals surface area (Å²) in [6.07, 6.45) is 5.53. The molecule has 1 N–H and O–H groups in total. The van der Waals surface area contributed by atoms with Crippen LogP contribution in [-0.4, -0.2) is 9.55 Å². The van der Waals surface area contributed by atoms with Crippen molar-refractivity contribution in [2.24, 2.45) is 0 Å². The predicted molar refractivity (Wildman–Crippen MR) is 85.0 cm³/mol. The molecule has 0 saturated heterocycles. The second-order valence-corrected chi connectivity index (χ2v) is 5.38. The fourth-order valence-electron chi connectivity index (χ4n) is 2.05. The highest BCUT2D eigenvalue weighted by Crippen LogP contribution is 2.20. The number of nitrogens with zero attached hydrogens (tertiary/aromatic N) is 2. The number of nitrogens with one attached hydrogen (secondary N) is 1. The second-order valence-electron chi connectivity index (χ2n) is 4.47. The van der Waals surface area contributed by atoms with Crippen molar-refractivity contribution in [3.63, 3.8) is 0 Å². The van der Waals surface area contributed by atoms with Crippen molar-refractivity contribution in [1.29, 1.82) is 0 Å². The van der Waals surface area contributed by atoms with Gasteiger partial charge in [-0.1, -0.05) is 40.2 Å². The summed E-state index contributed by atoms with van der Waals surface area (Å²) in [4.78, 5) is 4.10. The van der Waals surface area contributed by atoms with Crippen LogP contribution in [-0.2, 0) is 6.54 Å². The standard InChI is InChI=1S/C16H14BrN3/c17-14-7-5-13(6-8-14)11-19-15-3-1-2-4-16(15)20-10-9-18-12-20/h1-10,12,19H,11H2. The molecule has 0 unspecified atom stereocenters. The first-order valence-electron chi connectivity index (χ1n) is 6.38. The van der Waals surface area contributed by atoms with Crippen molar-refractivity contribution < 1.29 is 0 Å². The molecule has 3 nitrogen and oxygen atoms in total. The molecule has 0 radical (unpaired) electrons. The van der Waals surface area contributed by atoms with Gasteiger partial charge in [-0.05, 0) is 29.8 Å². The van der Waals surface area contributed by atoms with Gasteiger partial charge < -0.3 is 9.88 Å². The molecular formula is C16H14BrN3. The van der Waals surface area contributed by atoms with Crippen LogP contribution in [0.2, 0.25) is 0 Å². The van der Waals surface area contributed by atoms with E-state index in [0.29, 0.717) is 0 Å². The number of para-hydroxylation sites is 2. The molecule has 4 heteroatoms. The van der Waals surface area contributed by atoms with Gasteiger partial charge >= 0.3 is 0 Å². The third kappa shape index (κ3) is 2.91. The van der Waals surface area contributed by atoms with Crippen LogP contribution in [0.3, 0.4) is 0 Å². The van der Waals surface area contributed by atoms with Crippen molar-refractivity contribution in [3.05, 3.63) is 77.3 Å². The average Bonchev–Trinajstić information content (AvgIpc) is 3.01. The number of rotatable bonds is 4. The Bertz CT molecular complexity index is 675. The van der Waals surface area contributed by atoms with Crippen molar-refractivity contribution in [2.75, 3.05) is 5.32 Å². The summed E-state index contributed by atoms with van der Waals surface area (Å²) in [6, 6.07) is 16.5. The number of benzene rings is 2. The average molecular weight is 328 g/mol. The quantitative estimate of drug-likeness (QED) is 0.776. The molecule has 1 aromatic heterocycles. The molecule has 3 rings (SSSR count). The SMILES string of the molecule is Brc1ccc(CNc2ccccc2-n2ccnc2)cc1. The Labute approximate surface area is 126 Å². The summed E-state index contributed by atoms with van der Waals surface area (Å²) in [5.74, 6) is 0. The van der Waals surface area contributed by atoms with E-state index in [2.05, 4.69) is 62.6 Å². The van der Waals surface area contributed by atoms with Crippen molar-refractivity contribution in [2.45, 2.75) is 6.54 Å². The van der Waals surface area contributed by atoms with Crippen LogP contribution < -0.4 is 5.32 Å². The Hall–Kier alpha value is -2.07. The van der Waals surface area contributed by atoms with E-state index >= 15 is 0 Å². The van der Waals surface area contributed by atoms with Crippen LogP contribution >= 0.6 is 15.9 Å². The molecule has 0 amide bonds. The minimum absolute atomic E-state index is 0.791. The fourth-order valence-corrected chi connectivity index (χ4v) is 2.31. The first kappa shape index (κ1) is 12.9. The molecule has 0 bridgehead atoms. The zero-order chi connectivity index (χ0) is 13.8. The van der Waals surface area contributed by atoms with Gasteiger partial charge in [-0.15, -0.1) is 0 Å². The first-order valence-corrected chi connectivity index (χ1v) is 7.18. The molecule has 1 heterocycles. The molecule has 0 atom stereocenters. The van der Waals surface area contributed by atoms with E-state index in [1.54, 1.807) is 12.5 Å². The lowest BCUT2D eigenvalue weighted by Crippen LogP contribution is -2.03. The summed E-state index contributed by atoms with van der Waals surface area (Å²) < 4.78 is 3.10. The summed E-state index contributed by atoms with van der Waals surface area (Å²) in [6.45, 7) is 0.791. The monoisotopic (exact) mass is 327 g/mol. The normalized spacial score (nSPS) is 10.4. The van der Waals surface area contributed by atoms with Gasteiger partial charge in [0.1, 0.15) is 0 Å². The smallest absolute Gasteiger partial charge is 0.0992 e. The third-order valence-electron chi connectivity index (χ3n) is 3.08. The van der Waals surface area contributed by atoms with Crippen LogP contribution in [0, 0.1) is 0 Å². The lowest BCUT2D eigenvalue weighted by atomic mass is 10.2. The van der Waals surface area contributed by atoms with Crippen molar-refractivity contribution in [1.82, 2.24) is 9.55 Å². The minimum atomic E-state index is 0.791. The highest BCUT2D eigenvalue weighted by Gasteiger charge is 2.03. The Morgan fingerprint density at radius 3 is 2.60 bits per heavy atom. The van der Waals surface area contributed by atoms with E-state index in [0.717, 1.165) is 22.4 Å². The zero-order valence-corrected chi connectivity index (χ0v) is 12.4. The molecule has 2 aromatic carbocycles. The van der Waals surface area contributed by atoms with Crippen molar-refractivity contribution in [3.8, 4) is 5.69 Å². The number of imidazole rings is 1. The van der Waals surface area contributed by atoms with Gasteiger partial charge in [-0.3, -0.25) is 0 Å². The Balaban J connectivity index is 1.79. The summed E-state index contributed by atoms with van der Waals surface area (Å²) in [5, 5.41) is 3.47. The Morgan fingerprint density at radius 2 is 1.85 bits per heavy atom. The molecule has 0 saturated carbocycles. The van der Waals surface area contributed by atoms with Gasteiger partial charge in [-0.2, -0.15) is 0 Å². The topological polar surface area (TPSA) is 29.9 Å². The van der Waals surface area contributed by atoms with Gasteiger partial charge in [0.25, 0.3) is 0 Å². The predicted octanol–water partition coefficient (Wildman–Crippen LogP) is 4.25. The summed E-state index contributed by atoms with van der Waals surface area (Å²) >= 11 is 3.45. The number of hydrogen-bond acceptors (Lipinski definition) is 2. The maximum atomic E-state index is 4.10. The maximum Gasteiger partial charge on any atom is 0.0992 e. The third-order valence-corrected chi connectivity index (χ3v) is 3.61. The summed E-state index contributed by atoms with van der Waals surface area (Å²) in [7, 11) is 0. The molecular weight excluding hydrogens is 314 g/mol. The van der Waals surface area contributed by atoms with E-state index < -0.39 is 0 Å². The van der Waals surface area contributed by atoms with Gasteiger partial charge in [0.2, 0.25) is 0 Å². The van der Waals surface area contributed by atoms with Gasteiger partial charge in [0.05, 0.1) is 17.7 Å². The number of anilines is 1. The maximum absolute atomic E-state index is 4.10. The van der Waals surface area contributed by atoms with Gasteiger partial charge in [0, 0.05) is 23.4 Å². The molecule has 0 aliphatic heterocycles. The van der Waals surface area contributed by atoms with Crippen LogP contribution in [0.15, 0.2) is 71.7 Å². The molecule has 0 aliphatic carbocycles. The Kier molecular flexibility index (Phi) is 3.83. The lowest BCUT2D eigenvalue weighted by molar-refractivity contribution is 1.04. The largest absolute Gasteiger partial charge is 0.379 e. The lowest BCUT2D eigenvalue weighted by Gasteiger charge is -2.12. The van der Waals surface area contributed by atoms with Crippen LogP contribution in [0.5, 0.6) is 0 Å². The first-order chi connectivity index (χ1) is 9.83. The molecule has 0 spiro atoms. The number of halogens is 1. The number of hydrogen-bond donors (Lipinski definition) is 1. The summed E-state index contributed by atoms with van der Waals surface area (Å²) in [5.41, 5.74) is 3.43. The minimum Gasteiger partial charge on any atom is -0.379 e. The van der Waals surface area contributed by atoms with Crippen LogP contribution in [0.25, 0.3) is 5.69 Å². The Morgan fingerprint density at radius 1 is 1.05 bits per heavy atom. The molecule has 100 valence electrons. The highest BCUT2D eigenvalue weighted by atomic mass is 79.9. The van der Waals surface area contributed by atoms with E-state index in [-0.39, 0.29) is 0 Å². The van der Waals surface area contributed by atoms with Crippen molar-refractivity contribution >= 4 is 21.6 Å². The molecule has 3 aromatic rings. The molecule has 0 fully saturated rings.